The first-order valence-corrected chi connectivity index (χ1v) is 1.73. The Morgan fingerprint density at radius 2 is 1.40 bits per heavy atom. The van der Waals surface area contributed by atoms with Crippen LogP contribution in [0.4, 0.5) is 0 Å². The Bertz CT molecular complexity index is 9.61. The van der Waals surface area contributed by atoms with Gasteiger partial charge in [-0.15, -0.1) is 0 Å². The van der Waals surface area contributed by atoms with Gasteiger partial charge in [0.05, 0.1) is 0 Å². The maximum absolute atomic E-state index is 2.17. The topological polar surface area (TPSA) is 0 Å². The van der Waals surface area contributed by atoms with E-state index in [1.807, 2.05) is 0 Å². The van der Waals surface area contributed by atoms with Crippen LogP contribution in [0.2, 0.25) is 4.59 Å². The van der Waals surface area contributed by atoms with Gasteiger partial charge in [0.1, 0.15) is 0 Å². The van der Waals surface area contributed by atoms with E-state index >= 15 is 0 Å². The number of hydrogen-bond donors (Lipinski definition) is 0. The third-order valence-electron chi connectivity index (χ3n) is 0. The van der Waals surface area contributed by atoms with Gasteiger partial charge in [-0.3, -0.25) is 0 Å². The van der Waals surface area contributed by atoms with E-state index in [2.05, 4.69) is 31.6 Å². The van der Waals surface area contributed by atoms with E-state index in [1.54, 1.807) is 0 Å². The van der Waals surface area contributed by atoms with Gasteiger partial charge < -0.3 is 0 Å². The second-order valence-electron chi connectivity index (χ2n) is 1.73. The van der Waals surface area contributed by atoms with Crippen molar-refractivity contribution < 1.29 is 0 Å². The van der Waals surface area contributed by atoms with E-state index in [1.165, 1.54) is 0 Å². The van der Waals surface area contributed by atoms with Crippen LogP contribution in [0.25, 0.3) is 0 Å². The van der Waals surface area contributed by atoms with Crippen molar-refractivity contribution in [1.29, 1.82) is 0 Å². The first-order chi connectivity index (χ1) is 1.73. The Labute approximate surface area is 55.1 Å². The molecule has 0 aliphatic heterocycles. The van der Waals surface area contributed by atoms with E-state index in [0.717, 1.165) is 4.59 Å². The molecule has 22 valence electrons. The van der Waals surface area contributed by atoms with Crippen molar-refractivity contribution in [3.05, 3.63) is 0 Å². The standard InChI is InChI=1S/C3H7.2Li.H/c1-3-2;;;/h3H,1-2H3;;;. The molecule has 0 aromatic heterocycles. The molecule has 0 saturated heterocycles. The Balaban J connectivity index is 0. The summed E-state index contributed by atoms with van der Waals surface area (Å²) in [6.45, 7) is 4.33. The van der Waals surface area contributed by atoms with Crippen LogP contribution in [-0.4, -0.2) is 36.6 Å². The molecule has 0 fully saturated rings. The van der Waals surface area contributed by atoms with Gasteiger partial charge in [-0.1, -0.05) is 0 Å². The van der Waals surface area contributed by atoms with Crippen molar-refractivity contribution in [2.24, 2.45) is 0 Å². The molecule has 0 nitrogen and oxygen atoms in total. The zero-order chi connectivity index (χ0) is 3.58. The summed E-state index contributed by atoms with van der Waals surface area (Å²) in [6, 6.07) is 0. The van der Waals surface area contributed by atoms with Gasteiger partial charge in [0, 0.05) is 0 Å². The SMILES string of the molecule is [LiH].[Li][CH](C)C. The zero-order valence-electron chi connectivity index (χ0n) is 3.58. The Morgan fingerprint density at radius 3 is 1.40 bits per heavy atom. The van der Waals surface area contributed by atoms with Crippen LogP contribution in [0.3, 0.4) is 0 Å². The quantitative estimate of drug-likeness (QED) is 0.352. The summed E-state index contributed by atoms with van der Waals surface area (Å²) in [5.74, 6) is 0. The third-order valence-corrected chi connectivity index (χ3v) is 0. The summed E-state index contributed by atoms with van der Waals surface area (Å²) in [6.07, 6.45) is 0. The van der Waals surface area contributed by atoms with Crippen molar-refractivity contribution >= 4 is 36.6 Å². The minimum absolute atomic E-state index is 0. The third kappa shape index (κ3) is 37.1. The Kier molecular flexibility index (Phi) is 9.87. The molecule has 0 aromatic rings. The van der Waals surface area contributed by atoms with Crippen LogP contribution in [0.5, 0.6) is 0 Å². The van der Waals surface area contributed by atoms with Gasteiger partial charge in [-0.2, -0.15) is 0 Å². The molecule has 0 aromatic carbocycles. The molecule has 5 heavy (non-hydrogen) atoms. The van der Waals surface area contributed by atoms with E-state index in [9.17, 15) is 0 Å². The molecule has 0 rings (SSSR count). The average molecular weight is 58.0 g/mol. The molecule has 0 radical (unpaired) electrons. The zero-order valence-corrected chi connectivity index (χ0v) is 3.58. The first-order valence-electron chi connectivity index (χ1n) is 1.73. The van der Waals surface area contributed by atoms with Crippen LogP contribution >= 0.6 is 0 Å². The second kappa shape index (κ2) is 5.19. The van der Waals surface area contributed by atoms with Crippen molar-refractivity contribution in [2.45, 2.75) is 18.4 Å². The summed E-state index contributed by atoms with van der Waals surface area (Å²) >= 11 is 2.17. The van der Waals surface area contributed by atoms with E-state index in [-0.39, 0.29) is 18.9 Å². The molecule has 2 heteroatoms. The number of hydrogen-bond acceptors (Lipinski definition) is 0. The summed E-state index contributed by atoms with van der Waals surface area (Å²) in [7, 11) is 0. The van der Waals surface area contributed by atoms with Crippen molar-refractivity contribution in [3.8, 4) is 0 Å². The van der Waals surface area contributed by atoms with E-state index < -0.39 is 0 Å². The second-order valence-corrected chi connectivity index (χ2v) is 1.73. The van der Waals surface area contributed by atoms with Crippen LogP contribution < -0.4 is 0 Å². The van der Waals surface area contributed by atoms with E-state index in [4.69, 9.17) is 0 Å². The molecule has 0 bridgehead atoms. The predicted octanol–water partition coefficient (Wildman–Crippen LogP) is 0.335. The normalized spacial score (nSPS) is 7.40. The molecule has 0 heterocycles. The fourth-order valence-electron chi connectivity index (χ4n) is 0. The van der Waals surface area contributed by atoms with Gasteiger partial charge in [0.2, 0.25) is 0 Å². The van der Waals surface area contributed by atoms with Crippen LogP contribution in [0, 0.1) is 0 Å². The average Bonchev–Trinajstić information content (AvgIpc) is 0.811. The first kappa shape index (κ1) is 9.50. The summed E-state index contributed by atoms with van der Waals surface area (Å²) in [5, 5.41) is 0. The van der Waals surface area contributed by atoms with Crippen LogP contribution in [0.1, 0.15) is 13.8 Å². The van der Waals surface area contributed by atoms with Gasteiger partial charge >= 0.3 is 55.0 Å². The molecule has 0 atom stereocenters. The Morgan fingerprint density at radius 1 is 1.40 bits per heavy atom. The molecule has 0 amide bonds. The van der Waals surface area contributed by atoms with E-state index in [0.29, 0.717) is 0 Å². The van der Waals surface area contributed by atoms with Gasteiger partial charge in [0.15, 0.2) is 0 Å². The molecular weight excluding hydrogens is 49.9 g/mol. The van der Waals surface area contributed by atoms with Crippen LogP contribution in [-0.2, 0) is 0 Å². The fourth-order valence-corrected chi connectivity index (χ4v) is 0. The summed E-state index contributed by atoms with van der Waals surface area (Å²) in [5.41, 5.74) is 0. The molecule has 0 spiro atoms. The molecule has 0 N–H and O–H groups in total. The Hall–Kier alpha value is 1.19. The predicted molar refractivity (Wildman–Crippen MR) is 28.0 cm³/mol. The van der Waals surface area contributed by atoms with Crippen LogP contribution in [0.15, 0.2) is 0 Å². The molecule has 0 saturated carbocycles. The van der Waals surface area contributed by atoms with Gasteiger partial charge in [0.25, 0.3) is 0 Å². The molecule has 0 aliphatic rings. The maximum atomic E-state index is 2.17. The number of rotatable bonds is 0. The monoisotopic (exact) mass is 58.1 g/mol. The van der Waals surface area contributed by atoms with Gasteiger partial charge in [-0.25, -0.2) is 0 Å². The molecule has 0 unspecified atom stereocenters. The summed E-state index contributed by atoms with van der Waals surface area (Å²) < 4.78 is 0.833. The minimum atomic E-state index is 0. The van der Waals surface area contributed by atoms with Gasteiger partial charge in [-0.05, 0) is 0 Å². The summed E-state index contributed by atoms with van der Waals surface area (Å²) in [4.78, 5) is 0. The fraction of sp³-hybridized carbons (Fsp3) is 1.00. The van der Waals surface area contributed by atoms with Crippen molar-refractivity contribution in [3.63, 3.8) is 0 Å². The van der Waals surface area contributed by atoms with Crippen molar-refractivity contribution in [1.82, 2.24) is 0 Å². The molecule has 0 aliphatic carbocycles. The van der Waals surface area contributed by atoms with Crippen molar-refractivity contribution in [2.75, 3.05) is 0 Å². The molecular formula is C3H8Li2.